The zero-order valence-corrected chi connectivity index (χ0v) is 19.1. The summed E-state index contributed by atoms with van der Waals surface area (Å²) < 4.78 is 38.9. The minimum absolute atomic E-state index is 0.828. The van der Waals surface area contributed by atoms with Gasteiger partial charge in [-0.15, -0.1) is 0 Å². The lowest BCUT2D eigenvalue weighted by Gasteiger charge is -2.04. The molecule has 0 aliphatic rings. The fraction of sp³-hybridized carbons (Fsp3) is 0.333. The van der Waals surface area contributed by atoms with Crippen molar-refractivity contribution in [1.82, 2.24) is 0 Å². The van der Waals surface area contributed by atoms with Crippen LogP contribution in [0, 0.1) is 0 Å². The molecule has 0 aromatic carbocycles. The Labute approximate surface area is 182 Å². The maximum absolute atomic E-state index is 10.6. The topological polar surface area (TPSA) is 349 Å². The maximum atomic E-state index is 10.6. The van der Waals surface area contributed by atoms with Crippen molar-refractivity contribution >= 4 is 57.1 Å². The smallest absolute Gasteiger partial charge is 0.387 e. The van der Waals surface area contributed by atoms with E-state index in [4.69, 9.17) is 45.1 Å². The first-order valence-electron chi connectivity index (χ1n) is 6.89. The highest BCUT2D eigenvalue weighted by atomic mass is 31.2. The molecule has 0 aromatic heterocycles. The predicted octanol–water partition coefficient (Wildman–Crippen LogP) is -1.98. The molecule has 21 nitrogen and oxygen atoms in total. The van der Waals surface area contributed by atoms with Crippen molar-refractivity contribution < 1.29 is 87.3 Å². The number of carboxylic acid groups (broad SMARTS) is 2. The highest BCUT2D eigenvalue weighted by molar-refractivity contribution is 7.74. The van der Waals surface area contributed by atoms with Gasteiger partial charge in [-0.1, -0.05) is 15.5 Å². The number of carbonyl (C=O) groups excluding carboxylic acids is 1. The van der Waals surface area contributed by atoms with E-state index in [1.165, 1.54) is 0 Å². The van der Waals surface area contributed by atoms with Gasteiger partial charge in [0.2, 0.25) is 0 Å². The number of carboxylic acids is 2. The minimum atomic E-state index is -4.82. The fourth-order valence-electron chi connectivity index (χ4n) is 0.919. The number of hydrogen-bond acceptors (Lipinski definition) is 14. The molecule has 0 spiro atoms. The number of rotatable bonds is 8. The van der Waals surface area contributed by atoms with E-state index in [9.17, 15) is 28.1 Å². The molecule has 24 heteroatoms. The Balaban J connectivity index is -0.000000409. The summed E-state index contributed by atoms with van der Waals surface area (Å²) in [6, 6.07) is 0. The summed E-state index contributed by atoms with van der Waals surface area (Å²) in [6.45, 7) is 0. The molecule has 0 saturated carbocycles. The van der Waals surface area contributed by atoms with Gasteiger partial charge in [-0.05, 0) is 0 Å². The molecule has 192 valence electrons. The van der Waals surface area contributed by atoms with Gasteiger partial charge >= 0.3 is 40.7 Å². The summed E-state index contributed by atoms with van der Waals surface area (Å²) in [4.78, 5) is 76.2. The van der Waals surface area contributed by atoms with Gasteiger partial charge in [0.15, 0.2) is 0 Å². The fourth-order valence-corrected chi connectivity index (χ4v) is 2.33. The van der Waals surface area contributed by atoms with E-state index in [0.717, 1.165) is 21.3 Å². The first-order chi connectivity index (χ1) is 14.8. The zero-order chi connectivity index (χ0) is 27.2. The van der Waals surface area contributed by atoms with Crippen molar-refractivity contribution in [2.75, 3.05) is 21.3 Å². The SMILES string of the molecule is CO/N=C(\C(=O)O)P(=O)(O)O.COC(=O)/C(=N\O)P(=O)(O)O.COP(=O)(O)/C(=N/O)C(=O)O. The van der Waals surface area contributed by atoms with Crippen molar-refractivity contribution in [2.24, 2.45) is 15.5 Å². The van der Waals surface area contributed by atoms with Gasteiger partial charge in [-0.3, -0.25) is 13.7 Å². The number of methoxy groups -OCH3 is 1. The van der Waals surface area contributed by atoms with E-state index < -0.39 is 57.1 Å². The van der Waals surface area contributed by atoms with E-state index in [1.807, 2.05) is 0 Å². The Morgan fingerprint density at radius 2 is 1.06 bits per heavy atom. The van der Waals surface area contributed by atoms with E-state index in [0.29, 0.717) is 0 Å². The number of aliphatic carboxylic acids is 2. The molecule has 0 aliphatic heterocycles. The van der Waals surface area contributed by atoms with Gasteiger partial charge in [-0.2, -0.15) is 0 Å². The number of nitrogens with zero attached hydrogens (tertiary/aromatic N) is 3. The highest BCUT2D eigenvalue weighted by Crippen LogP contribution is 2.42. The lowest BCUT2D eigenvalue weighted by Crippen LogP contribution is -2.15. The molecule has 0 bridgehead atoms. The number of hydrogen-bond donors (Lipinski definition) is 9. The van der Waals surface area contributed by atoms with Crippen LogP contribution in [0.3, 0.4) is 0 Å². The van der Waals surface area contributed by atoms with Crippen LogP contribution in [0.15, 0.2) is 15.5 Å². The normalized spacial score (nSPS) is 14.4. The molecule has 33 heavy (non-hydrogen) atoms. The van der Waals surface area contributed by atoms with Crippen molar-refractivity contribution in [3.63, 3.8) is 0 Å². The first-order valence-corrected chi connectivity index (χ1v) is 11.7. The monoisotopic (exact) mass is 549 g/mol. The van der Waals surface area contributed by atoms with E-state index in [1.54, 1.807) is 0 Å². The van der Waals surface area contributed by atoms with Gasteiger partial charge in [0.1, 0.15) is 7.11 Å². The van der Waals surface area contributed by atoms with Crippen molar-refractivity contribution in [3.05, 3.63) is 0 Å². The minimum Gasteiger partial charge on any atom is -0.476 e. The van der Waals surface area contributed by atoms with Crippen LogP contribution in [-0.2, 0) is 42.2 Å². The Morgan fingerprint density at radius 1 is 0.697 bits per heavy atom. The van der Waals surface area contributed by atoms with Crippen LogP contribution in [0.25, 0.3) is 0 Å². The third-order valence-corrected chi connectivity index (χ3v) is 5.14. The van der Waals surface area contributed by atoms with Crippen molar-refractivity contribution in [3.8, 4) is 0 Å². The van der Waals surface area contributed by atoms with Gasteiger partial charge in [0.25, 0.3) is 16.4 Å². The maximum Gasteiger partial charge on any atom is 0.387 e. The van der Waals surface area contributed by atoms with Crippen molar-refractivity contribution in [1.29, 1.82) is 0 Å². The second-order valence-electron chi connectivity index (χ2n) is 4.34. The van der Waals surface area contributed by atoms with Crippen LogP contribution in [0.5, 0.6) is 0 Å². The Morgan fingerprint density at radius 3 is 1.15 bits per heavy atom. The average Bonchev–Trinajstić information content (AvgIpc) is 2.65. The number of esters is 1. The molecule has 9 N–H and O–H groups in total. The van der Waals surface area contributed by atoms with Crippen LogP contribution >= 0.6 is 22.8 Å². The van der Waals surface area contributed by atoms with Crippen molar-refractivity contribution in [2.45, 2.75) is 0 Å². The van der Waals surface area contributed by atoms with Gasteiger partial charge in [0.05, 0.1) is 7.11 Å². The van der Waals surface area contributed by atoms with E-state index in [2.05, 4.69) is 29.6 Å². The lowest BCUT2D eigenvalue weighted by molar-refractivity contribution is -0.133. The lowest BCUT2D eigenvalue weighted by atomic mass is 10.7. The Kier molecular flexibility index (Phi) is 16.0. The van der Waals surface area contributed by atoms with E-state index >= 15 is 0 Å². The first kappa shape index (κ1) is 34.9. The third-order valence-electron chi connectivity index (χ3n) is 2.18. The summed E-state index contributed by atoms with van der Waals surface area (Å²) in [5, 5.41) is 39.1. The van der Waals surface area contributed by atoms with Crippen LogP contribution < -0.4 is 0 Å². The third kappa shape index (κ3) is 14.1. The highest BCUT2D eigenvalue weighted by Gasteiger charge is 2.34. The summed E-state index contributed by atoms with van der Waals surface area (Å²) in [6.07, 6.45) is 0. The summed E-state index contributed by atoms with van der Waals surface area (Å²) in [5.41, 5.74) is -3.92. The molecule has 0 rings (SSSR count). The molecule has 0 saturated heterocycles. The van der Waals surface area contributed by atoms with Crippen LogP contribution in [0.2, 0.25) is 0 Å². The molecule has 0 radical (unpaired) electrons. The molecule has 0 amide bonds. The summed E-state index contributed by atoms with van der Waals surface area (Å²) in [5.74, 6) is -4.97. The molecule has 0 heterocycles. The molecular formula is C9H18N3O18P3. The Bertz CT molecular complexity index is 922. The van der Waals surface area contributed by atoms with Crippen LogP contribution in [-0.4, -0.2) is 101 Å². The molecular weight excluding hydrogens is 531 g/mol. The molecule has 1 unspecified atom stereocenters. The Hall–Kier alpha value is -2.73. The van der Waals surface area contributed by atoms with Gasteiger partial charge in [-0.25, -0.2) is 14.4 Å². The molecule has 0 aromatic rings. The second kappa shape index (κ2) is 15.2. The van der Waals surface area contributed by atoms with Gasteiger partial charge in [0, 0.05) is 7.11 Å². The standard InChI is InChI=1S/3C3H6NO6P/c1-10-3(5)2(4-6)11(7,8)9;1-10-4-2(3(5)6)11(7,8)9;1-10-11(8,9)2(4-7)3(5)6/h6H,1H3,(H2,7,8,9);1H3,(H,5,6)(H2,7,8,9);7H,1H3,(H,5,6)(H,8,9)/b3*4-2+. The van der Waals surface area contributed by atoms with Gasteiger partial charge < -0.3 is 59.2 Å². The van der Waals surface area contributed by atoms with Crippen LogP contribution in [0.4, 0.5) is 0 Å². The molecule has 0 fully saturated rings. The number of ether oxygens (including phenoxy) is 1. The second-order valence-corrected chi connectivity index (χ2v) is 9.19. The van der Waals surface area contributed by atoms with Crippen LogP contribution in [0.1, 0.15) is 0 Å². The predicted molar refractivity (Wildman–Crippen MR) is 101 cm³/mol. The summed E-state index contributed by atoms with van der Waals surface area (Å²) in [7, 11) is -11.4. The van der Waals surface area contributed by atoms with E-state index in [-0.39, 0.29) is 0 Å². The molecule has 0 aliphatic carbocycles. The zero-order valence-electron chi connectivity index (χ0n) is 16.4. The number of oxime groups is 3. The largest absolute Gasteiger partial charge is 0.476 e. The summed E-state index contributed by atoms with van der Waals surface area (Å²) >= 11 is 0. The average molecular weight is 549 g/mol. The quantitative estimate of drug-likeness (QED) is 0.0520. The number of carbonyl (C=O) groups is 3. The molecule has 1 atom stereocenters.